The van der Waals surface area contributed by atoms with Crippen molar-refractivity contribution < 1.29 is 13.9 Å². The van der Waals surface area contributed by atoms with Crippen molar-refractivity contribution in [3.63, 3.8) is 0 Å². The average molecular weight is 342 g/mol. The minimum atomic E-state index is -0.301. The van der Waals surface area contributed by atoms with Crippen molar-refractivity contribution in [3.05, 3.63) is 35.2 Å². The molecular weight excluding hydrogens is 326 g/mol. The number of rotatable bonds is 7. The smallest absolute Gasteiger partial charge is 0.277 e. The molecule has 2 aromatic rings. The summed E-state index contributed by atoms with van der Waals surface area (Å²) in [4.78, 5) is 11.6. The lowest BCUT2D eigenvalue weighted by Gasteiger charge is -2.07. The highest BCUT2D eigenvalue weighted by Crippen LogP contribution is 2.22. The van der Waals surface area contributed by atoms with Gasteiger partial charge in [0.2, 0.25) is 5.91 Å². The van der Waals surface area contributed by atoms with E-state index in [1.54, 1.807) is 31.2 Å². The molecule has 1 aromatic heterocycles. The molecule has 0 unspecified atom stereocenters. The number of hydrogen-bond donors (Lipinski definition) is 1. The van der Waals surface area contributed by atoms with Crippen molar-refractivity contribution in [2.45, 2.75) is 30.9 Å². The summed E-state index contributed by atoms with van der Waals surface area (Å²) in [6.07, 6.45) is 0. The molecule has 0 saturated carbocycles. The molecule has 1 atom stereocenters. The molecule has 0 saturated heterocycles. The van der Waals surface area contributed by atoms with E-state index in [4.69, 9.17) is 20.8 Å². The second-order valence-corrected chi connectivity index (χ2v) is 6.09. The number of amides is 1. The molecular formula is C14H16ClN3O3S. The summed E-state index contributed by atoms with van der Waals surface area (Å²) in [7, 11) is 0. The Balaban J connectivity index is 1.86. The lowest BCUT2D eigenvalue weighted by Crippen LogP contribution is -2.30. The molecule has 1 amide bonds. The Bertz CT molecular complexity index is 618. The molecule has 1 heterocycles. The van der Waals surface area contributed by atoms with Gasteiger partial charge in [0.05, 0.1) is 5.25 Å². The Labute approximate surface area is 137 Å². The predicted octanol–water partition coefficient (Wildman–Crippen LogP) is 2.92. The third-order valence-corrected chi connectivity index (χ3v) is 3.81. The van der Waals surface area contributed by atoms with Crippen molar-refractivity contribution in [1.82, 2.24) is 15.5 Å². The fourth-order valence-corrected chi connectivity index (χ4v) is 2.39. The zero-order chi connectivity index (χ0) is 15.9. The lowest BCUT2D eigenvalue weighted by atomic mass is 10.3. The van der Waals surface area contributed by atoms with Crippen LogP contribution in [0.25, 0.3) is 0 Å². The van der Waals surface area contributed by atoms with Gasteiger partial charge in [0.15, 0.2) is 6.61 Å². The number of halogens is 1. The van der Waals surface area contributed by atoms with Gasteiger partial charge in [0.25, 0.3) is 11.1 Å². The van der Waals surface area contributed by atoms with Gasteiger partial charge in [0.1, 0.15) is 5.75 Å². The Morgan fingerprint density at radius 2 is 2.14 bits per heavy atom. The quantitative estimate of drug-likeness (QED) is 0.780. The number of nitrogens with zero attached hydrogens (tertiary/aromatic N) is 2. The van der Waals surface area contributed by atoms with Crippen LogP contribution < -0.4 is 10.1 Å². The van der Waals surface area contributed by atoms with Gasteiger partial charge in [-0.25, -0.2) is 0 Å². The zero-order valence-corrected chi connectivity index (χ0v) is 13.8. The van der Waals surface area contributed by atoms with E-state index in [-0.39, 0.29) is 17.8 Å². The van der Waals surface area contributed by atoms with Crippen LogP contribution in [-0.2, 0) is 11.4 Å². The first-order chi connectivity index (χ1) is 10.6. The number of nitrogens with one attached hydrogen (secondary N) is 1. The average Bonchev–Trinajstić information content (AvgIpc) is 2.94. The molecule has 0 aliphatic heterocycles. The fraction of sp³-hybridized carbons (Fsp3) is 0.357. The summed E-state index contributed by atoms with van der Waals surface area (Å²) >= 11 is 7.01. The highest BCUT2D eigenvalue weighted by Gasteiger charge is 2.17. The Morgan fingerprint density at radius 3 is 2.82 bits per heavy atom. The van der Waals surface area contributed by atoms with Crippen LogP contribution in [0.2, 0.25) is 5.02 Å². The Hall–Kier alpha value is -1.73. The van der Waals surface area contributed by atoms with E-state index in [1.807, 2.05) is 6.92 Å². The first-order valence-corrected chi connectivity index (χ1v) is 7.99. The SMILES string of the molecule is CCNC(=O)[C@H](C)Sc1nnc(COc2ccc(Cl)cc2)o1. The van der Waals surface area contributed by atoms with Crippen molar-refractivity contribution in [2.24, 2.45) is 0 Å². The highest BCUT2D eigenvalue weighted by atomic mass is 35.5. The number of carbonyl (C=O) groups is 1. The fourth-order valence-electron chi connectivity index (χ4n) is 1.54. The molecule has 0 aliphatic carbocycles. The van der Waals surface area contributed by atoms with E-state index >= 15 is 0 Å². The van der Waals surface area contributed by atoms with Crippen LogP contribution >= 0.6 is 23.4 Å². The van der Waals surface area contributed by atoms with E-state index < -0.39 is 0 Å². The second kappa shape index (κ2) is 8.05. The summed E-state index contributed by atoms with van der Waals surface area (Å²) in [6, 6.07) is 6.98. The van der Waals surface area contributed by atoms with Gasteiger partial charge in [-0.2, -0.15) is 0 Å². The molecule has 2 rings (SSSR count). The summed E-state index contributed by atoms with van der Waals surface area (Å²) < 4.78 is 10.9. The van der Waals surface area contributed by atoms with E-state index in [9.17, 15) is 4.79 Å². The summed E-state index contributed by atoms with van der Waals surface area (Å²) in [5.41, 5.74) is 0. The van der Waals surface area contributed by atoms with Crippen molar-refractivity contribution in [2.75, 3.05) is 6.54 Å². The number of aromatic nitrogens is 2. The molecule has 118 valence electrons. The third kappa shape index (κ3) is 4.92. The van der Waals surface area contributed by atoms with Gasteiger partial charge in [-0.1, -0.05) is 23.4 Å². The molecule has 0 spiro atoms. The molecule has 0 radical (unpaired) electrons. The molecule has 8 heteroatoms. The summed E-state index contributed by atoms with van der Waals surface area (Å²) in [6.45, 7) is 4.40. The van der Waals surface area contributed by atoms with Crippen LogP contribution in [0.4, 0.5) is 0 Å². The van der Waals surface area contributed by atoms with Crippen LogP contribution in [0.5, 0.6) is 5.75 Å². The number of carbonyl (C=O) groups excluding carboxylic acids is 1. The standard InChI is InChI=1S/C14H16ClN3O3S/c1-3-16-13(19)9(2)22-14-18-17-12(21-14)8-20-11-6-4-10(15)5-7-11/h4-7,9H,3,8H2,1-2H3,(H,16,19)/t9-/m0/s1. The Morgan fingerprint density at radius 1 is 1.41 bits per heavy atom. The van der Waals surface area contributed by atoms with Gasteiger partial charge in [-0.05, 0) is 38.1 Å². The van der Waals surface area contributed by atoms with Crippen LogP contribution in [0.15, 0.2) is 33.9 Å². The van der Waals surface area contributed by atoms with E-state index in [0.29, 0.717) is 28.4 Å². The van der Waals surface area contributed by atoms with Crippen LogP contribution in [0, 0.1) is 0 Å². The molecule has 0 fully saturated rings. The highest BCUT2D eigenvalue weighted by molar-refractivity contribution is 8.00. The lowest BCUT2D eigenvalue weighted by molar-refractivity contribution is -0.120. The number of hydrogen-bond acceptors (Lipinski definition) is 6. The monoisotopic (exact) mass is 341 g/mol. The van der Waals surface area contributed by atoms with E-state index in [0.717, 1.165) is 0 Å². The number of ether oxygens (including phenoxy) is 1. The van der Waals surface area contributed by atoms with Crippen molar-refractivity contribution in [3.8, 4) is 5.75 Å². The van der Waals surface area contributed by atoms with Crippen LogP contribution in [-0.4, -0.2) is 27.9 Å². The van der Waals surface area contributed by atoms with Crippen LogP contribution in [0.1, 0.15) is 19.7 Å². The van der Waals surface area contributed by atoms with E-state index in [1.165, 1.54) is 11.8 Å². The van der Waals surface area contributed by atoms with Gasteiger partial charge < -0.3 is 14.5 Å². The zero-order valence-electron chi connectivity index (χ0n) is 12.2. The first kappa shape index (κ1) is 16.6. The normalized spacial score (nSPS) is 12.0. The third-order valence-electron chi connectivity index (χ3n) is 2.62. The minimum absolute atomic E-state index is 0.0651. The predicted molar refractivity (Wildman–Crippen MR) is 84.1 cm³/mol. The molecule has 1 N–H and O–H groups in total. The van der Waals surface area contributed by atoms with Gasteiger partial charge in [0, 0.05) is 11.6 Å². The largest absolute Gasteiger partial charge is 0.484 e. The van der Waals surface area contributed by atoms with Gasteiger partial charge in [-0.15, -0.1) is 10.2 Å². The first-order valence-electron chi connectivity index (χ1n) is 6.73. The molecule has 0 aliphatic rings. The molecule has 0 bridgehead atoms. The second-order valence-electron chi connectivity index (χ2n) is 4.36. The minimum Gasteiger partial charge on any atom is -0.484 e. The van der Waals surface area contributed by atoms with Crippen molar-refractivity contribution >= 4 is 29.3 Å². The molecule has 22 heavy (non-hydrogen) atoms. The summed E-state index contributed by atoms with van der Waals surface area (Å²) in [5, 5.41) is 11.2. The van der Waals surface area contributed by atoms with Crippen molar-refractivity contribution in [1.29, 1.82) is 0 Å². The maximum atomic E-state index is 11.6. The van der Waals surface area contributed by atoms with E-state index in [2.05, 4.69) is 15.5 Å². The topological polar surface area (TPSA) is 77.2 Å². The van der Waals surface area contributed by atoms with Gasteiger partial charge >= 0.3 is 0 Å². The van der Waals surface area contributed by atoms with Crippen LogP contribution in [0.3, 0.4) is 0 Å². The number of thioether (sulfide) groups is 1. The number of benzene rings is 1. The van der Waals surface area contributed by atoms with Gasteiger partial charge in [-0.3, -0.25) is 4.79 Å². The Kier molecular flexibility index (Phi) is 6.09. The maximum absolute atomic E-state index is 11.6. The molecule has 6 nitrogen and oxygen atoms in total. The molecule has 1 aromatic carbocycles. The maximum Gasteiger partial charge on any atom is 0.277 e. The summed E-state index contributed by atoms with van der Waals surface area (Å²) in [5.74, 6) is 0.942.